The Morgan fingerprint density at radius 3 is 2.78 bits per heavy atom. The highest BCUT2D eigenvalue weighted by Crippen LogP contribution is 2.28. The van der Waals surface area contributed by atoms with Crippen LogP contribution < -0.4 is 15.8 Å². The van der Waals surface area contributed by atoms with Gasteiger partial charge in [0.05, 0.1) is 23.0 Å². The van der Waals surface area contributed by atoms with Crippen molar-refractivity contribution in [1.82, 2.24) is 15.3 Å². The summed E-state index contributed by atoms with van der Waals surface area (Å²) >= 11 is 6.21. The van der Waals surface area contributed by atoms with Gasteiger partial charge in [-0.2, -0.15) is 0 Å². The number of benzene rings is 1. The summed E-state index contributed by atoms with van der Waals surface area (Å²) in [6.45, 7) is 0. The molecule has 8 heteroatoms. The number of hydrogen-bond donors (Lipinski definition) is 3. The molecule has 7 nitrogen and oxygen atoms in total. The zero-order chi connectivity index (χ0) is 19.4. The molecule has 144 valence electrons. The number of amides is 1. The molecule has 1 aromatic carbocycles. The van der Waals surface area contributed by atoms with Crippen LogP contribution in [0.25, 0.3) is 0 Å². The third-order valence-corrected chi connectivity index (χ3v) is 5.29. The Balaban J connectivity index is 1.78. The lowest BCUT2D eigenvalue weighted by atomic mass is 9.88. The average molecular weight is 391 g/mol. The van der Waals surface area contributed by atoms with Crippen molar-refractivity contribution < 1.29 is 9.90 Å². The summed E-state index contributed by atoms with van der Waals surface area (Å²) in [5.41, 5.74) is 0.601. The van der Waals surface area contributed by atoms with E-state index < -0.39 is 12.1 Å². The number of rotatable bonds is 5. The van der Waals surface area contributed by atoms with Crippen LogP contribution in [0.1, 0.15) is 42.5 Å². The van der Waals surface area contributed by atoms with E-state index in [1.54, 1.807) is 30.1 Å². The maximum absolute atomic E-state index is 12.6. The number of nitrogens with one attached hydrogen (secondary N) is 2. The van der Waals surface area contributed by atoms with Gasteiger partial charge in [0.1, 0.15) is 12.0 Å². The molecule has 1 aliphatic carbocycles. The maximum Gasteiger partial charge on any atom is 0.267 e. The zero-order valence-corrected chi connectivity index (χ0v) is 15.9. The summed E-state index contributed by atoms with van der Waals surface area (Å²) in [6.07, 6.45) is 6.95. The third kappa shape index (κ3) is 4.67. The number of anilines is 2. The van der Waals surface area contributed by atoms with Gasteiger partial charge in [-0.05, 0) is 31.0 Å². The van der Waals surface area contributed by atoms with Gasteiger partial charge >= 0.3 is 0 Å². The van der Waals surface area contributed by atoms with Crippen LogP contribution in [-0.2, 0) is 0 Å². The van der Waals surface area contributed by atoms with Crippen molar-refractivity contribution in [2.45, 2.75) is 38.3 Å². The van der Waals surface area contributed by atoms with Gasteiger partial charge in [-0.15, -0.1) is 0 Å². The number of H-pyrrole nitrogens is 1. The topological polar surface area (TPSA) is 98.3 Å². The quantitative estimate of drug-likeness (QED) is 0.682. The molecule has 0 bridgehead atoms. The Morgan fingerprint density at radius 1 is 1.33 bits per heavy atom. The molecule has 1 saturated carbocycles. The number of nitrogens with zero attached hydrogens (tertiary/aromatic N) is 2. The predicted octanol–water partition coefficient (Wildman–Crippen LogP) is 2.82. The lowest BCUT2D eigenvalue weighted by Crippen LogP contribution is -2.41. The van der Waals surface area contributed by atoms with E-state index in [9.17, 15) is 14.7 Å². The number of halogens is 1. The van der Waals surface area contributed by atoms with Crippen LogP contribution in [0.4, 0.5) is 11.5 Å². The molecule has 3 N–H and O–H groups in total. The second-order valence-electron chi connectivity index (χ2n) is 6.82. The Labute approximate surface area is 162 Å². The normalized spacial score (nSPS) is 16.0. The molecule has 1 aliphatic rings. The molecule has 1 heterocycles. The first kappa shape index (κ1) is 19.4. The van der Waals surface area contributed by atoms with Crippen molar-refractivity contribution in [3.8, 4) is 0 Å². The molecule has 3 rings (SSSR count). The molecule has 0 radical (unpaired) electrons. The average Bonchev–Trinajstić information content (AvgIpc) is 2.68. The van der Waals surface area contributed by atoms with Crippen LogP contribution in [0.15, 0.2) is 35.4 Å². The van der Waals surface area contributed by atoms with Crippen molar-refractivity contribution in [1.29, 1.82) is 0 Å². The molecule has 1 aromatic heterocycles. The molecule has 2 aromatic rings. The Hall–Kier alpha value is -2.38. The van der Waals surface area contributed by atoms with Crippen LogP contribution in [0.3, 0.4) is 0 Å². The first-order valence-electron chi connectivity index (χ1n) is 9.02. The van der Waals surface area contributed by atoms with E-state index in [2.05, 4.69) is 15.3 Å². The van der Waals surface area contributed by atoms with Gasteiger partial charge in [-0.1, -0.05) is 30.9 Å². The molecule has 0 saturated heterocycles. The van der Waals surface area contributed by atoms with E-state index in [-0.39, 0.29) is 17.0 Å². The molecule has 1 fully saturated rings. The fraction of sp³-hybridized carbons (Fsp3) is 0.421. The molecule has 1 amide bonds. The van der Waals surface area contributed by atoms with Gasteiger partial charge in [0.25, 0.3) is 11.5 Å². The Morgan fingerprint density at radius 2 is 2.07 bits per heavy atom. The van der Waals surface area contributed by atoms with E-state index in [0.717, 1.165) is 25.7 Å². The summed E-state index contributed by atoms with van der Waals surface area (Å²) in [5.74, 6) is 0.138. The summed E-state index contributed by atoms with van der Waals surface area (Å²) in [6, 6.07) is 4.97. The van der Waals surface area contributed by atoms with Crippen molar-refractivity contribution in [3.63, 3.8) is 0 Å². The van der Waals surface area contributed by atoms with Gasteiger partial charge in [0, 0.05) is 18.7 Å². The van der Waals surface area contributed by atoms with Gasteiger partial charge in [0.15, 0.2) is 0 Å². The van der Waals surface area contributed by atoms with E-state index in [4.69, 9.17) is 11.6 Å². The van der Waals surface area contributed by atoms with E-state index in [1.807, 2.05) is 0 Å². The highest BCUT2D eigenvalue weighted by molar-refractivity contribution is 6.34. The number of hydrogen-bond acceptors (Lipinski definition) is 5. The maximum atomic E-state index is 12.6. The van der Waals surface area contributed by atoms with E-state index in [1.165, 1.54) is 18.8 Å². The van der Waals surface area contributed by atoms with Crippen molar-refractivity contribution in [3.05, 3.63) is 51.5 Å². The summed E-state index contributed by atoms with van der Waals surface area (Å²) < 4.78 is 0. The fourth-order valence-electron chi connectivity index (χ4n) is 3.35. The number of aliphatic hydroxyl groups excluding tert-OH is 1. The lowest BCUT2D eigenvalue weighted by Gasteiger charge is -2.27. The number of carbonyl (C=O) groups is 1. The second kappa shape index (κ2) is 8.54. The lowest BCUT2D eigenvalue weighted by molar-refractivity contribution is 0.0463. The standard InChI is InChI=1S/C19H23ClN4O3/c1-24(16-10-21-11-17(25)22-16)13-7-8-15(20)14(9-13)19(27)23-18(26)12-5-3-2-4-6-12/h7-12,18,26H,2-6H2,1H3,(H,22,25)(H,23,27). The van der Waals surface area contributed by atoms with Gasteiger partial charge in [-0.25, -0.2) is 0 Å². The Kier molecular flexibility index (Phi) is 6.13. The third-order valence-electron chi connectivity index (χ3n) is 4.96. The monoisotopic (exact) mass is 390 g/mol. The second-order valence-corrected chi connectivity index (χ2v) is 7.23. The van der Waals surface area contributed by atoms with Crippen LogP contribution in [0.2, 0.25) is 5.02 Å². The molecule has 27 heavy (non-hydrogen) atoms. The van der Waals surface area contributed by atoms with Crippen molar-refractivity contribution in [2.75, 3.05) is 11.9 Å². The minimum absolute atomic E-state index is 0.0767. The largest absolute Gasteiger partial charge is 0.373 e. The van der Waals surface area contributed by atoms with Gasteiger partial charge < -0.3 is 20.3 Å². The molecule has 1 unspecified atom stereocenters. The van der Waals surface area contributed by atoms with Crippen molar-refractivity contribution >= 4 is 29.0 Å². The number of aromatic amines is 1. The predicted molar refractivity (Wildman–Crippen MR) is 104 cm³/mol. The first-order valence-corrected chi connectivity index (χ1v) is 9.40. The molecule has 1 atom stereocenters. The van der Waals surface area contributed by atoms with E-state index >= 15 is 0 Å². The molecule has 0 aliphatic heterocycles. The molecular formula is C19H23ClN4O3. The van der Waals surface area contributed by atoms with Crippen LogP contribution >= 0.6 is 11.6 Å². The minimum Gasteiger partial charge on any atom is -0.373 e. The zero-order valence-electron chi connectivity index (χ0n) is 15.1. The van der Waals surface area contributed by atoms with Crippen LogP contribution in [-0.4, -0.2) is 34.3 Å². The van der Waals surface area contributed by atoms with Gasteiger partial charge in [-0.3, -0.25) is 14.6 Å². The summed E-state index contributed by atoms with van der Waals surface area (Å²) in [4.78, 5) is 32.4. The summed E-state index contributed by atoms with van der Waals surface area (Å²) in [5, 5.41) is 13.3. The van der Waals surface area contributed by atoms with E-state index in [0.29, 0.717) is 16.5 Å². The van der Waals surface area contributed by atoms with Crippen molar-refractivity contribution in [2.24, 2.45) is 5.92 Å². The highest BCUT2D eigenvalue weighted by atomic mass is 35.5. The molecule has 0 spiro atoms. The minimum atomic E-state index is -0.884. The smallest absolute Gasteiger partial charge is 0.267 e. The Bertz CT molecular complexity index is 864. The highest BCUT2D eigenvalue weighted by Gasteiger charge is 2.24. The molecular weight excluding hydrogens is 368 g/mol. The fourth-order valence-corrected chi connectivity index (χ4v) is 3.55. The number of carbonyl (C=O) groups excluding carboxylic acids is 1. The SMILES string of the molecule is CN(c1ccc(Cl)c(C(=O)NC(O)C2CCCCC2)c1)c1cncc(=O)[nH]1. The number of aromatic nitrogens is 2. The first-order chi connectivity index (χ1) is 13.0. The summed E-state index contributed by atoms with van der Waals surface area (Å²) in [7, 11) is 1.74. The van der Waals surface area contributed by atoms with Crippen LogP contribution in [0.5, 0.6) is 0 Å². The van der Waals surface area contributed by atoms with Crippen LogP contribution in [0, 0.1) is 5.92 Å². The van der Waals surface area contributed by atoms with Gasteiger partial charge in [0.2, 0.25) is 0 Å². The number of aliphatic hydroxyl groups is 1.